The quantitative estimate of drug-likeness (QED) is 0.222. The second kappa shape index (κ2) is 9.26. The molecular weight excluding hydrogens is 421 g/mol. The SMILES string of the molecule is CC(=O)NCCS[Se]CC(C)(C)C(=O)Oc1ccc2ccc(=O)oc2c1. The molecule has 0 spiro atoms. The Bertz CT molecular complexity index is 849. The van der Waals surface area contributed by atoms with E-state index in [2.05, 4.69) is 5.32 Å². The van der Waals surface area contributed by atoms with Gasteiger partial charge in [-0.1, -0.05) is 0 Å². The molecule has 1 aromatic heterocycles. The Labute approximate surface area is 161 Å². The minimum atomic E-state index is -0.618. The third-order valence-electron chi connectivity index (χ3n) is 3.42. The van der Waals surface area contributed by atoms with E-state index in [9.17, 15) is 14.4 Å². The molecule has 140 valence electrons. The first-order valence-electron chi connectivity index (χ1n) is 8.03. The molecule has 0 aliphatic heterocycles. The summed E-state index contributed by atoms with van der Waals surface area (Å²) in [5.74, 6) is 0.831. The van der Waals surface area contributed by atoms with E-state index in [1.165, 1.54) is 13.0 Å². The Balaban J connectivity index is 1.89. The Hall–Kier alpha value is -1.76. The van der Waals surface area contributed by atoms with E-state index in [0.717, 1.165) is 11.1 Å². The first-order valence-corrected chi connectivity index (χ1v) is 12.2. The first-order chi connectivity index (χ1) is 12.3. The summed E-state index contributed by atoms with van der Waals surface area (Å²) in [7, 11) is 1.74. The van der Waals surface area contributed by atoms with Crippen molar-refractivity contribution in [3.05, 3.63) is 40.8 Å². The van der Waals surface area contributed by atoms with Gasteiger partial charge in [0.1, 0.15) is 0 Å². The van der Waals surface area contributed by atoms with Crippen LogP contribution in [0.25, 0.3) is 11.0 Å². The first kappa shape index (κ1) is 20.6. The van der Waals surface area contributed by atoms with Crippen molar-refractivity contribution in [1.82, 2.24) is 5.32 Å². The van der Waals surface area contributed by atoms with E-state index in [0.29, 0.717) is 23.2 Å². The van der Waals surface area contributed by atoms with Gasteiger partial charge in [-0.2, -0.15) is 0 Å². The van der Waals surface area contributed by atoms with Crippen molar-refractivity contribution in [1.29, 1.82) is 0 Å². The van der Waals surface area contributed by atoms with Crippen LogP contribution in [0.1, 0.15) is 20.8 Å². The maximum atomic E-state index is 12.5. The molecule has 0 aliphatic carbocycles. The number of fused-ring (bicyclic) bond motifs is 1. The van der Waals surface area contributed by atoms with Gasteiger partial charge in [-0.25, -0.2) is 0 Å². The predicted octanol–water partition coefficient (Wildman–Crippen LogP) is 2.63. The number of esters is 1. The van der Waals surface area contributed by atoms with E-state index in [1.807, 2.05) is 13.8 Å². The van der Waals surface area contributed by atoms with E-state index in [1.54, 1.807) is 34.4 Å². The van der Waals surface area contributed by atoms with Crippen LogP contribution in [0.15, 0.2) is 39.5 Å². The topological polar surface area (TPSA) is 85.6 Å². The summed E-state index contributed by atoms with van der Waals surface area (Å²) in [6.45, 7) is 5.83. The summed E-state index contributed by atoms with van der Waals surface area (Å²) in [6, 6.07) is 8.00. The molecule has 1 aromatic carbocycles. The predicted molar refractivity (Wildman–Crippen MR) is 104 cm³/mol. The molecule has 0 fully saturated rings. The fraction of sp³-hybridized carbons (Fsp3) is 0.389. The maximum absolute atomic E-state index is 12.5. The van der Waals surface area contributed by atoms with Crippen molar-refractivity contribution in [3.63, 3.8) is 0 Å². The van der Waals surface area contributed by atoms with E-state index >= 15 is 0 Å². The molecule has 0 unspecified atom stereocenters. The Kier molecular flexibility index (Phi) is 7.32. The third kappa shape index (κ3) is 6.20. The summed E-state index contributed by atoms with van der Waals surface area (Å²) in [5, 5.41) is 4.23. The molecule has 0 saturated heterocycles. The molecule has 8 heteroatoms. The van der Waals surface area contributed by atoms with Crippen LogP contribution in [0.4, 0.5) is 0 Å². The summed E-state index contributed by atoms with van der Waals surface area (Å²) < 4.78 is 10.6. The molecule has 26 heavy (non-hydrogen) atoms. The van der Waals surface area contributed by atoms with E-state index < -0.39 is 11.0 Å². The molecule has 0 aliphatic rings. The van der Waals surface area contributed by atoms with Crippen LogP contribution in [0.3, 0.4) is 0 Å². The Morgan fingerprint density at radius 2 is 2.00 bits per heavy atom. The average molecular weight is 442 g/mol. The Morgan fingerprint density at radius 3 is 2.73 bits per heavy atom. The number of carbonyl (C=O) groups excluding carboxylic acids is 2. The van der Waals surface area contributed by atoms with Gasteiger partial charge in [0, 0.05) is 0 Å². The van der Waals surface area contributed by atoms with E-state index in [4.69, 9.17) is 9.15 Å². The van der Waals surface area contributed by atoms with Gasteiger partial charge in [-0.15, -0.1) is 0 Å². The number of hydrogen-bond donors (Lipinski definition) is 1. The zero-order chi connectivity index (χ0) is 19.2. The fourth-order valence-corrected chi connectivity index (χ4v) is 6.50. The van der Waals surface area contributed by atoms with Crippen molar-refractivity contribution in [2.45, 2.75) is 26.1 Å². The number of carbonyl (C=O) groups is 2. The number of amides is 1. The van der Waals surface area contributed by atoms with Crippen molar-refractivity contribution < 1.29 is 18.7 Å². The van der Waals surface area contributed by atoms with Gasteiger partial charge in [0.2, 0.25) is 0 Å². The standard InChI is InChI=1S/C18H21NO5SSe/c1-12(20)19-8-9-25-26-11-18(2,3)17(22)23-14-6-4-13-5-7-16(21)24-15(13)10-14/h4-7,10H,8-9,11H2,1-3H3,(H,19,20). The van der Waals surface area contributed by atoms with Crippen LogP contribution in [-0.2, 0) is 9.59 Å². The molecule has 0 radical (unpaired) electrons. The fourth-order valence-electron chi connectivity index (χ4n) is 1.93. The molecule has 1 amide bonds. The van der Waals surface area contributed by atoms with Gasteiger partial charge in [-0.3, -0.25) is 0 Å². The second-order valence-electron chi connectivity index (χ2n) is 6.29. The van der Waals surface area contributed by atoms with Crippen LogP contribution >= 0.6 is 10.2 Å². The summed E-state index contributed by atoms with van der Waals surface area (Å²) in [5.41, 5.74) is -0.674. The van der Waals surface area contributed by atoms with E-state index in [-0.39, 0.29) is 25.7 Å². The van der Waals surface area contributed by atoms with Crippen molar-refractivity contribution >= 4 is 46.9 Å². The normalized spacial score (nSPS) is 11.3. The number of benzene rings is 1. The van der Waals surface area contributed by atoms with Crippen molar-refractivity contribution in [3.8, 4) is 5.75 Å². The third-order valence-corrected chi connectivity index (χ3v) is 8.43. The zero-order valence-corrected chi connectivity index (χ0v) is 17.4. The molecule has 0 atom stereocenters. The van der Waals surface area contributed by atoms with Crippen LogP contribution in [-0.4, -0.2) is 38.0 Å². The molecule has 2 rings (SSSR count). The van der Waals surface area contributed by atoms with Gasteiger partial charge in [0.05, 0.1) is 0 Å². The summed E-state index contributed by atoms with van der Waals surface area (Å²) in [6.07, 6.45) is 0. The van der Waals surface area contributed by atoms with Crippen molar-refractivity contribution in [2.24, 2.45) is 5.41 Å². The Morgan fingerprint density at radius 1 is 1.27 bits per heavy atom. The van der Waals surface area contributed by atoms with Crippen LogP contribution in [0.5, 0.6) is 5.75 Å². The van der Waals surface area contributed by atoms with Gasteiger partial charge in [-0.05, 0) is 0 Å². The van der Waals surface area contributed by atoms with Crippen molar-refractivity contribution in [2.75, 3.05) is 12.3 Å². The summed E-state index contributed by atoms with van der Waals surface area (Å²) >= 11 is 0.206. The minimum absolute atomic E-state index is 0.0340. The molecule has 0 saturated carbocycles. The molecule has 0 bridgehead atoms. The van der Waals surface area contributed by atoms with Gasteiger partial charge >= 0.3 is 161 Å². The summed E-state index contributed by atoms with van der Waals surface area (Å²) in [4.78, 5) is 34.6. The molecule has 6 nitrogen and oxygen atoms in total. The van der Waals surface area contributed by atoms with Crippen LogP contribution < -0.4 is 15.7 Å². The second-order valence-corrected chi connectivity index (χ2v) is 10.7. The number of hydrogen-bond acceptors (Lipinski definition) is 6. The zero-order valence-electron chi connectivity index (χ0n) is 14.9. The van der Waals surface area contributed by atoms with Gasteiger partial charge in [0.25, 0.3) is 0 Å². The number of nitrogens with one attached hydrogen (secondary N) is 1. The van der Waals surface area contributed by atoms with Gasteiger partial charge in [0.15, 0.2) is 0 Å². The molecular formula is C18H21NO5SSe. The average Bonchev–Trinajstić information content (AvgIpc) is 2.57. The van der Waals surface area contributed by atoms with Crippen LogP contribution in [0, 0.1) is 5.41 Å². The monoisotopic (exact) mass is 443 g/mol. The molecule has 2 aromatic rings. The molecule has 1 N–H and O–H groups in total. The van der Waals surface area contributed by atoms with Crippen LogP contribution in [0.2, 0.25) is 5.32 Å². The van der Waals surface area contributed by atoms with Gasteiger partial charge < -0.3 is 0 Å². The number of ether oxygens (including phenoxy) is 1. The molecule has 1 heterocycles. The number of rotatable bonds is 8.